The molecule has 150 valence electrons. The van der Waals surface area contributed by atoms with Gasteiger partial charge in [-0.25, -0.2) is 0 Å². The van der Waals surface area contributed by atoms with Crippen LogP contribution >= 0.6 is 0 Å². The second-order valence-electron chi connectivity index (χ2n) is 7.76. The molecule has 0 aliphatic carbocycles. The van der Waals surface area contributed by atoms with Gasteiger partial charge in [0.05, 0.1) is 16.5 Å². The van der Waals surface area contributed by atoms with Crippen molar-refractivity contribution in [3.8, 4) is 0 Å². The Morgan fingerprint density at radius 2 is 2.14 bits per heavy atom. The second-order valence-corrected chi connectivity index (χ2v) is 7.76. The molecule has 0 bridgehead atoms. The van der Waals surface area contributed by atoms with Crippen molar-refractivity contribution in [2.45, 2.75) is 39.2 Å². The molecule has 6 nitrogen and oxygen atoms in total. The normalized spacial score (nSPS) is 15.4. The predicted octanol–water partition coefficient (Wildman–Crippen LogP) is 3.98. The highest BCUT2D eigenvalue weighted by Gasteiger charge is 2.26. The Morgan fingerprint density at radius 3 is 2.83 bits per heavy atom. The minimum atomic E-state index is -0.261. The highest BCUT2D eigenvalue weighted by molar-refractivity contribution is 6.00. The molecule has 0 amide bonds. The molecule has 1 unspecified atom stereocenters. The second kappa shape index (κ2) is 7.28. The summed E-state index contributed by atoms with van der Waals surface area (Å²) in [5, 5.41) is 14.0. The molecule has 1 aliphatic heterocycles. The van der Waals surface area contributed by atoms with Gasteiger partial charge >= 0.3 is 0 Å². The zero-order valence-corrected chi connectivity index (χ0v) is 16.8. The number of pyridine rings is 2. The fourth-order valence-electron chi connectivity index (χ4n) is 4.27. The molecule has 29 heavy (non-hydrogen) atoms. The van der Waals surface area contributed by atoms with Crippen LogP contribution < -0.4 is 16.5 Å². The molecule has 1 aliphatic rings. The third-order valence-electron chi connectivity index (χ3n) is 5.93. The van der Waals surface area contributed by atoms with E-state index in [4.69, 9.17) is 5.73 Å². The van der Waals surface area contributed by atoms with Gasteiger partial charge in [-0.05, 0) is 56.4 Å². The molecule has 2 aromatic heterocycles. The number of anilines is 2. The Labute approximate surface area is 169 Å². The number of nitrogen functional groups attached to an aromatic ring is 1. The van der Waals surface area contributed by atoms with Gasteiger partial charge in [-0.1, -0.05) is 6.58 Å². The number of aromatic nitrogens is 2. The standard InChI is InChI=1S/C23H26N4O2/c1-13-4-5-17-21(26-11-8-16-6-9-25-10-7-16)14(2)20(24)19-22(17)27(13)12-18(15(3)28)23(19)29/h6-7,9-10,12-13,26,28H,3-5,8,11,24H2,1-2H3. The number of aliphatic hydroxyl groups is 1. The van der Waals surface area contributed by atoms with E-state index in [1.165, 1.54) is 5.56 Å². The number of aryl methyl sites for hydroxylation is 1. The molecule has 1 aromatic carbocycles. The van der Waals surface area contributed by atoms with E-state index in [0.717, 1.165) is 48.1 Å². The zero-order chi connectivity index (χ0) is 20.7. The summed E-state index contributed by atoms with van der Waals surface area (Å²) in [6.07, 6.45) is 8.00. The average Bonchev–Trinajstić information content (AvgIpc) is 2.71. The summed E-state index contributed by atoms with van der Waals surface area (Å²) in [6, 6.07) is 4.22. The summed E-state index contributed by atoms with van der Waals surface area (Å²) in [5.74, 6) is -0.225. The number of hydrogen-bond acceptors (Lipinski definition) is 5. The van der Waals surface area contributed by atoms with E-state index < -0.39 is 0 Å². The van der Waals surface area contributed by atoms with Gasteiger partial charge in [-0.3, -0.25) is 9.78 Å². The first-order valence-corrected chi connectivity index (χ1v) is 9.91. The quantitative estimate of drug-likeness (QED) is 0.453. The molecule has 4 N–H and O–H groups in total. The largest absolute Gasteiger partial charge is 0.508 e. The summed E-state index contributed by atoms with van der Waals surface area (Å²) in [6.45, 7) is 8.38. The van der Waals surface area contributed by atoms with E-state index in [1.807, 2.05) is 19.1 Å². The molecule has 4 rings (SSSR count). The summed E-state index contributed by atoms with van der Waals surface area (Å²) in [4.78, 5) is 17.1. The van der Waals surface area contributed by atoms with Crippen LogP contribution in [0, 0.1) is 6.92 Å². The summed E-state index contributed by atoms with van der Waals surface area (Å²) in [7, 11) is 0. The molecule has 0 fully saturated rings. The van der Waals surface area contributed by atoms with E-state index in [-0.39, 0.29) is 22.8 Å². The average molecular weight is 390 g/mol. The van der Waals surface area contributed by atoms with Gasteiger partial charge in [0.1, 0.15) is 5.76 Å². The van der Waals surface area contributed by atoms with Crippen LogP contribution in [0.5, 0.6) is 0 Å². The van der Waals surface area contributed by atoms with Crippen molar-refractivity contribution in [1.82, 2.24) is 9.55 Å². The van der Waals surface area contributed by atoms with Crippen molar-refractivity contribution in [1.29, 1.82) is 0 Å². The molecule has 0 saturated carbocycles. The van der Waals surface area contributed by atoms with Crippen LogP contribution in [-0.4, -0.2) is 21.2 Å². The first-order chi connectivity index (χ1) is 13.9. The number of nitrogens with two attached hydrogens (primary N) is 1. The van der Waals surface area contributed by atoms with E-state index in [0.29, 0.717) is 11.1 Å². The molecule has 0 saturated heterocycles. The van der Waals surface area contributed by atoms with Gasteiger partial charge in [0, 0.05) is 48.1 Å². The number of rotatable bonds is 5. The van der Waals surface area contributed by atoms with Gasteiger partial charge in [0.15, 0.2) is 0 Å². The first kappa shape index (κ1) is 19.1. The first-order valence-electron chi connectivity index (χ1n) is 9.91. The topological polar surface area (TPSA) is 93.2 Å². The van der Waals surface area contributed by atoms with Crippen LogP contribution in [0.3, 0.4) is 0 Å². The van der Waals surface area contributed by atoms with Gasteiger partial charge < -0.3 is 20.7 Å². The summed E-state index contributed by atoms with van der Waals surface area (Å²) >= 11 is 0. The van der Waals surface area contributed by atoms with Crippen LogP contribution in [-0.2, 0) is 12.8 Å². The third-order valence-corrected chi connectivity index (χ3v) is 5.93. The monoisotopic (exact) mass is 390 g/mol. The van der Waals surface area contributed by atoms with Crippen LogP contribution in [0.25, 0.3) is 16.7 Å². The van der Waals surface area contributed by atoms with E-state index in [1.54, 1.807) is 18.6 Å². The lowest BCUT2D eigenvalue weighted by atomic mass is 9.90. The molecule has 6 heteroatoms. The van der Waals surface area contributed by atoms with Crippen molar-refractivity contribution in [2.24, 2.45) is 0 Å². The minimum absolute atomic E-state index is 0.204. The Balaban J connectivity index is 1.85. The van der Waals surface area contributed by atoms with Crippen molar-refractivity contribution in [3.63, 3.8) is 0 Å². The van der Waals surface area contributed by atoms with E-state index in [9.17, 15) is 9.90 Å². The van der Waals surface area contributed by atoms with Crippen molar-refractivity contribution >= 4 is 28.0 Å². The number of aliphatic hydroxyl groups excluding tert-OH is 1. The maximum atomic E-state index is 13.1. The summed E-state index contributed by atoms with van der Waals surface area (Å²) < 4.78 is 2.07. The maximum absolute atomic E-state index is 13.1. The van der Waals surface area contributed by atoms with Crippen LogP contribution in [0.1, 0.15) is 41.6 Å². The molecule has 0 spiro atoms. The van der Waals surface area contributed by atoms with Crippen LogP contribution in [0.2, 0.25) is 0 Å². The molecule has 1 atom stereocenters. The van der Waals surface area contributed by atoms with Crippen LogP contribution in [0.4, 0.5) is 11.4 Å². The highest BCUT2D eigenvalue weighted by Crippen LogP contribution is 2.40. The SMILES string of the molecule is C=C(O)c1cn2c3c(c(NCCc4ccncc4)c(C)c(N)c3c1=O)CCC2C. The Bertz CT molecular complexity index is 1170. The maximum Gasteiger partial charge on any atom is 0.202 e. The van der Waals surface area contributed by atoms with Gasteiger partial charge in [0.2, 0.25) is 5.43 Å². The van der Waals surface area contributed by atoms with Gasteiger partial charge in [-0.15, -0.1) is 0 Å². The van der Waals surface area contributed by atoms with E-state index in [2.05, 4.69) is 28.4 Å². The van der Waals surface area contributed by atoms with Gasteiger partial charge in [0.25, 0.3) is 0 Å². The minimum Gasteiger partial charge on any atom is -0.508 e. The summed E-state index contributed by atoms with van der Waals surface area (Å²) in [5.41, 5.74) is 12.0. The lowest BCUT2D eigenvalue weighted by molar-refractivity contribution is 0.491. The van der Waals surface area contributed by atoms with E-state index >= 15 is 0 Å². The number of benzene rings is 1. The van der Waals surface area contributed by atoms with Crippen LogP contribution in [0.15, 0.2) is 42.1 Å². The Kier molecular flexibility index (Phi) is 4.78. The Morgan fingerprint density at radius 1 is 1.41 bits per heavy atom. The van der Waals surface area contributed by atoms with Gasteiger partial charge in [-0.2, -0.15) is 0 Å². The third kappa shape index (κ3) is 3.14. The molecule has 3 aromatic rings. The number of nitrogens with one attached hydrogen (secondary N) is 1. The molecule has 0 radical (unpaired) electrons. The lowest BCUT2D eigenvalue weighted by Gasteiger charge is -2.30. The molecular formula is C23H26N4O2. The fourth-order valence-corrected chi connectivity index (χ4v) is 4.27. The molecule has 3 heterocycles. The lowest BCUT2D eigenvalue weighted by Crippen LogP contribution is -2.24. The smallest absolute Gasteiger partial charge is 0.202 e. The fraction of sp³-hybridized carbons (Fsp3) is 0.304. The Hall–Kier alpha value is -3.28. The van der Waals surface area contributed by atoms with Crippen molar-refractivity contribution in [3.05, 3.63) is 69.8 Å². The zero-order valence-electron chi connectivity index (χ0n) is 16.8. The number of nitrogens with zero attached hydrogens (tertiary/aromatic N) is 2. The number of hydrogen-bond donors (Lipinski definition) is 3. The van der Waals surface area contributed by atoms with Crippen molar-refractivity contribution < 1.29 is 5.11 Å². The highest BCUT2D eigenvalue weighted by atomic mass is 16.3. The predicted molar refractivity (Wildman–Crippen MR) is 118 cm³/mol. The van der Waals surface area contributed by atoms with Crippen molar-refractivity contribution in [2.75, 3.05) is 17.6 Å². The molecular weight excluding hydrogens is 364 g/mol.